The number of fused-ring (bicyclic) bond motifs is 1. The van der Waals surface area contributed by atoms with Crippen LogP contribution in [0.25, 0.3) is 0 Å². The Morgan fingerprint density at radius 1 is 1.21 bits per heavy atom. The van der Waals surface area contributed by atoms with Crippen LogP contribution >= 0.6 is 0 Å². The van der Waals surface area contributed by atoms with Crippen LogP contribution in [0, 0.1) is 17.2 Å². The van der Waals surface area contributed by atoms with Crippen molar-refractivity contribution in [3.05, 3.63) is 48.2 Å². The summed E-state index contributed by atoms with van der Waals surface area (Å²) in [5, 5.41) is 11.9. The van der Waals surface area contributed by atoms with Gasteiger partial charge in [-0.05, 0) is 37.1 Å². The minimum atomic E-state index is -0.179. The van der Waals surface area contributed by atoms with E-state index >= 15 is 0 Å². The van der Waals surface area contributed by atoms with Crippen LogP contribution in [-0.4, -0.2) is 43.2 Å². The molecule has 1 N–H and O–H groups in total. The van der Waals surface area contributed by atoms with Crippen LogP contribution in [0.4, 0.5) is 5.82 Å². The van der Waals surface area contributed by atoms with E-state index in [1.165, 1.54) is 0 Å². The fourth-order valence-electron chi connectivity index (χ4n) is 3.53. The molecule has 1 amide bonds. The summed E-state index contributed by atoms with van der Waals surface area (Å²) in [6.45, 7) is 2.41. The molecule has 1 fully saturated rings. The topological polar surface area (TPSA) is 87.5 Å². The molecule has 28 heavy (non-hydrogen) atoms. The molecule has 1 saturated heterocycles. The third kappa shape index (κ3) is 4.01. The molecule has 1 aromatic heterocycles. The molecule has 1 atom stereocenters. The van der Waals surface area contributed by atoms with Gasteiger partial charge in [0.15, 0.2) is 11.5 Å². The Hall–Kier alpha value is -3.27. The Kier molecular flexibility index (Phi) is 5.29. The number of aromatic nitrogens is 1. The predicted molar refractivity (Wildman–Crippen MR) is 103 cm³/mol. The SMILES string of the molecule is N#Cc1ccc(N2CCC(C(=O)NCC3COc4ccccc4O3)CC2)nc1. The molecule has 0 saturated carbocycles. The lowest BCUT2D eigenvalue weighted by atomic mass is 9.96. The van der Waals surface area contributed by atoms with E-state index in [1.54, 1.807) is 12.3 Å². The number of nitrogens with one attached hydrogen (secondary N) is 1. The van der Waals surface area contributed by atoms with Crippen LogP contribution in [0.15, 0.2) is 42.6 Å². The Bertz CT molecular complexity index is 870. The molecule has 2 aromatic rings. The van der Waals surface area contributed by atoms with Crippen molar-refractivity contribution in [1.29, 1.82) is 5.26 Å². The summed E-state index contributed by atoms with van der Waals surface area (Å²) < 4.78 is 11.6. The average molecular weight is 378 g/mol. The minimum Gasteiger partial charge on any atom is -0.486 e. The number of para-hydroxylation sites is 2. The summed E-state index contributed by atoms with van der Waals surface area (Å²) in [5.74, 6) is 2.37. The number of hydrogen-bond acceptors (Lipinski definition) is 6. The number of rotatable bonds is 4. The van der Waals surface area contributed by atoms with Crippen molar-refractivity contribution < 1.29 is 14.3 Å². The largest absolute Gasteiger partial charge is 0.486 e. The molecule has 0 bridgehead atoms. The van der Waals surface area contributed by atoms with Crippen molar-refractivity contribution in [1.82, 2.24) is 10.3 Å². The summed E-state index contributed by atoms with van der Waals surface area (Å²) >= 11 is 0. The van der Waals surface area contributed by atoms with Gasteiger partial charge < -0.3 is 19.7 Å². The molecule has 0 aliphatic carbocycles. The van der Waals surface area contributed by atoms with E-state index in [4.69, 9.17) is 14.7 Å². The second-order valence-corrected chi connectivity index (χ2v) is 7.02. The lowest BCUT2D eigenvalue weighted by Gasteiger charge is -2.32. The molecule has 1 unspecified atom stereocenters. The van der Waals surface area contributed by atoms with E-state index in [0.717, 1.165) is 43.2 Å². The number of nitriles is 1. The summed E-state index contributed by atoms with van der Waals surface area (Å²) in [5.41, 5.74) is 0.551. The van der Waals surface area contributed by atoms with Gasteiger partial charge in [-0.2, -0.15) is 5.26 Å². The fourth-order valence-corrected chi connectivity index (χ4v) is 3.53. The highest BCUT2D eigenvalue weighted by Crippen LogP contribution is 2.30. The molecule has 3 heterocycles. The van der Waals surface area contributed by atoms with Gasteiger partial charge in [0.2, 0.25) is 5.91 Å². The molecule has 7 nitrogen and oxygen atoms in total. The summed E-state index contributed by atoms with van der Waals surface area (Å²) in [4.78, 5) is 19.0. The number of anilines is 1. The fraction of sp³-hybridized carbons (Fsp3) is 0.381. The van der Waals surface area contributed by atoms with E-state index in [2.05, 4.69) is 21.3 Å². The summed E-state index contributed by atoms with van der Waals surface area (Å²) in [6, 6.07) is 13.3. The van der Waals surface area contributed by atoms with Gasteiger partial charge in [0.05, 0.1) is 12.1 Å². The van der Waals surface area contributed by atoms with Crippen molar-refractivity contribution in [3.8, 4) is 17.6 Å². The highest BCUT2D eigenvalue weighted by atomic mass is 16.6. The smallest absolute Gasteiger partial charge is 0.223 e. The zero-order valence-corrected chi connectivity index (χ0v) is 15.5. The quantitative estimate of drug-likeness (QED) is 0.877. The van der Waals surface area contributed by atoms with Crippen LogP contribution in [0.3, 0.4) is 0 Å². The summed E-state index contributed by atoms with van der Waals surface area (Å²) in [7, 11) is 0. The van der Waals surface area contributed by atoms with E-state index in [-0.39, 0.29) is 17.9 Å². The van der Waals surface area contributed by atoms with Crippen molar-refractivity contribution >= 4 is 11.7 Å². The van der Waals surface area contributed by atoms with Crippen LogP contribution in [0.5, 0.6) is 11.5 Å². The minimum absolute atomic E-state index is 0.00794. The maximum absolute atomic E-state index is 12.5. The molecule has 4 rings (SSSR count). The lowest BCUT2D eigenvalue weighted by Crippen LogP contribution is -2.45. The maximum Gasteiger partial charge on any atom is 0.223 e. The molecular formula is C21H22N4O3. The first-order valence-corrected chi connectivity index (χ1v) is 9.50. The van der Waals surface area contributed by atoms with Gasteiger partial charge in [0.25, 0.3) is 0 Å². The lowest BCUT2D eigenvalue weighted by molar-refractivity contribution is -0.126. The van der Waals surface area contributed by atoms with Crippen molar-refractivity contribution in [2.75, 3.05) is 31.1 Å². The Morgan fingerprint density at radius 2 is 2.00 bits per heavy atom. The van der Waals surface area contributed by atoms with E-state index in [0.29, 0.717) is 18.7 Å². The van der Waals surface area contributed by atoms with Crippen LogP contribution < -0.4 is 19.7 Å². The summed E-state index contributed by atoms with van der Waals surface area (Å²) in [6.07, 6.45) is 2.96. The molecule has 2 aliphatic rings. The average Bonchev–Trinajstić information content (AvgIpc) is 2.77. The predicted octanol–water partition coefficient (Wildman–Crippen LogP) is 2.13. The van der Waals surface area contributed by atoms with Gasteiger partial charge in [-0.15, -0.1) is 0 Å². The van der Waals surface area contributed by atoms with Gasteiger partial charge in [0.1, 0.15) is 24.6 Å². The van der Waals surface area contributed by atoms with Crippen LogP contribution in [0.2, 0.25) is 0 Å². The van der Waals surface area contributed by atoms with Crippen molar-refractivity contribution in [2.45, 2.75) is 18.9 Å². The number of piperidine rings is 1. The van der Waals surface area contributed by atoms with E-state index in [9.17, 15) is 4.79 Å². The normalized spacial score (nSPS) is 19.0. The third-order valence-electron chi connectivity index (χ3n) is 5.14. The van der Waals surface area contributed by atoms with Gasteiger partial charge in [0, 0.05) is 25.2 Å². The number of ether oxygens (including phenoxy) is 2. The molecular weight excluding hydrogens is 356 g/mol. The number of nitrogens with zero attached hydrogens (tertiary/aromatic N) is 3. The number of benzene rings is 1. The molecule has 7 heteroatoms. The third-order valence-corrected chi connectivity index (χ3v) is 5.14. The van der Waals surface area contributed by atoms with Gasteiger partial charge in [-0.1, -0.05) is 12.1 Å². The number of carbonyl (C=O) groups excluding carboxylic acids is 1. The first-order valence-electron chi connectivity index (χ1n) is 9.50. The highest BCUT2D eigenvalue weighted by Gasteiger charge is 2.27. The standard InChI is InChI=1S/C21H22N4O3/c22-11-15-5-6-20(23-12-15)25-9-7-16(8-10-25)21(26)24-13-17-14-27-18-3-1-2-4-19(18)28-17/h1-6,12,16-17H,7-10,13-14H2,(H,24,26). The van der Waals surface area contributed by atoms with Crippen molar-refractivity contribution in [3.63, 3.8) is 0 Å². The molecule has 2 aliphatic heterocycles. The first-order chi connectivity index (χ1) is 13.7. The Balaban J connectivity index is 1.24. The van der Waals surface area contributed by atoms with E-state index in [1.807, 2.05) is 30.3 Å². The first kappa shape index (κ1) is 18.1. The highest BCUT2D eigenvalue weighted by molar-refractivity contribution is 5.79. The second-order valence-electron chi connectivity index (χ2n) is 7.02. The Labute approximate surface area is 163 Å². The second kappa shape index (κ2) is 8.17. The monoisotopic (exact) mass is 378 g/mol. The number of hydrogen-bond donors (Lipinski definition) is 1. The molecule has 144 valence electrons. The van der Waals surface area contributed by atoms with Gasteiger partial charge in [-0.3, -0.25) is 4.79 Å². The van der Waals surface area contributed by atoms with E-state index < -0.39 is 0 Å². The number of amides is 1. The van der Waals surface area contributed by atoms with Crippen LogP contribution in [-0.2, 0) is 4.79 Å². The molecule has 0 spiro atoms. The van der Waals surface area contributed by atoms with Crippen molar-refractivity contribution in [2.24, 2.45) is 5.92 Å². The maximum atomic E-state index is 12.5. The number of pyridine rings is 1. The number of carbonyl (C=O) groups is 1. The van der Waals surface area contributed by atoms with Crippen LogP contribution in [0.1, 0.15) is 18.4 Å². The molecule has 1 aromatic carbocycles. The zero-order chi connectivity index (χ0) is 19.3. The zero-order valence-electron chi connectivity index (χ0n) is 15.5. The van der Waals surface area contributed by atoms with Gasteiger partial charge in [-0.25, -0.2) is 4.98 Å². The Morgan fingerprint density at radius 3 is 2.71 bits per heavy atom. The molecule has 0 radical (unpaired) electrons. The van der Waals surface area contributed by atoms with Gasteiger partial charge >= 0.3 is 0 Å².